The number of alkyl halides is 1. The Labute approximate surface area is 74.9 Å². The molecule has 2 nitrogen and oxygen atoms in total. The van der Waals surface area contributed by atoms with Gasteiger partial charge in [0.15, 0.2) is 0 Å². The van der Waals surface area contributed by atoms with Gasteiger partial charge in [-0.25, -0.2) is 0 Å². The molecule has 1 aliphatic carbocycles. The molecule has 1 rings (SSSR count). The Kier molecular flexibility index (Phi) is 2.95. The molecule has 1 N–H and O–H groups in total. The molecule has 1 saturated carbocycles. The monoisotopic (exact) mass is 253 g/mol. The molecular weight excluding hydrogens is 241 g/mol. The summed E-state index contributed by atoms with van der Waals surface area (Å²) in [5, 5.41) is 2.93. The van der Waals surface area contributed by atoms with E-state index in [0.717, 1.165) is 16.8 Å². The Morgan fingerprint density at radius 3 is 2.70 bits per heavy atom. The first kappa shape index (κ1) is 8.30. The molecule has 58 valence electrons. The summed E-state index contributed by atoms with van der Waals surface area (Å²) in [7, 11) is 0. The first-order valence-corrected chi connectivity index (χ1v) is 4.84. The van der Waals surface area contributed by atoms with E-state index in [2.05, 4.69) is 27.9 Å². The summed E-state index contributed by atoms with van der Waals surface area (Å²) in [6.45, 7) is 1.58. The zero-order valence-electron chi connectivity index (χ0n) is 6.06. The van der Waals surface area contributed by atoms with E-state index in [1.807, 2.05) is 0 Å². The van der Waals surface area contributed by atoms with Gasteiger partial charge in [0.1, 0.15) is 0 Å². The van der Waals surface area contributed by atoms with E-state index in [1.165, 1.54) is 6.42 Å². The van der Waals surface area contributed by atoms with Crippen LogP contribution in [0.5, 0.6) is 0 Å². The lowest BCUT2D eigenvalue weighted by atomic mass is 10.2. The average molecular weight is 253 g/mol. The van der Waals surface area contributed by atoms with E-state index in [9.17, 15) is 4.79 Å². The van der Waals surface area contributed by atoms with Crippen molar-refractivity contribution < 1.29 is 4.79 Å². The summed E-state index contributed by atoms with van der Waals surface area (Å²) in [6, 6.07) is 0.458. The van der Waals surface area contributed by atoms with Crippen LogP contribution >= 0.6 is 22.6 Å². The second-order valence-corrected chi connectivity index (χ2v) is 4.57. The quantitative estimate of drug-likeness (QED) is 0.556. The predicted octanol–water partition coefficient (Wildman–Crippen LogP) is 1.48. The van der Waals surface area contributed by atoms with Gasteiger partial charge >= 0.3 is 0 Å². The van der Waals surface area contributed by atoms with Crippen LogP contribution in [-0.4, -0.2) is 15.9 Å². The van der Waals surface area contributed by atoms with Gasteiger partial charge in [-0.15, -0.1) is 0 Å². The molecule has 1 amide bonds. The van der Waals surface area contributed by atoms with Crippen LogP contribution in [0.15, 0.2) is 0 Å². The summed E-state index contributed by atoms with van der Waals surface area (Å²) in [6.07, 6.45) is 3.57. The molecule has 3 heteroatoms. The van der Waals surface area contributed by atoms with Gasteiger partial charge in [-0.2, -0.15) is 0 Å². The van der Waals surface area contributed by atoms with Crippen LogP contribution in [-0.2, 0) is 4.79 Å². The Balaban J connectivity index is 2.24. The lowest BCUT2D eigenvalue weighted by molar-refractivity contribution is -0.119. The fraction of sp³-hybridized carbons (Fsp3) is 0.857. The molecule has 0 radical (unpaired) electrons. The van der Waals surface area contributed by atoms with E-state index < -0.39 is 0 Å². The highest BCUT2D eigenvalue weighted by Crippen LogP contribution is 2.25. The van der Waals surface area contributed by atoms with Crippen LogP contribution in [0.25, 0.3) is 0 Å². The SMILES string of the molecule is CC(=O)N[C@@H]1CC[C@@H](I)C1. The van der Waals surface area contributed by atoms with Gasteiger partial charge in [-0.05, 0) is 19.3 Å². The number of rotatable bonds is 1. The minimum Gasteiger partial charge on any atom is -0.354 e. The molecule has 0 aromatic carbocycles. The van der Waals surface area contributed by atoms with E-state index in [1.54, 1.807) is 6.92 Å². The number of carbonyl (C=O) groups excluding carboxylic acids is 1. The lowest BCUT2D eigenvalue weighted by Gasteiger charge is -2.08. The van der Waals surface area contributed by atoms with Crippen LogP contribution in [0.4, 0.5) is 0 Å². The molecule has 0 aromatic heterocycles. The highest BCUT2D eigenvalue weighted by atomic mass is 127. The number of hydrogen-bond acceptors (Lipinski definition) is 1. The molecule has 0 bridgehead atoms. The van der Waals surface area contributed by atoms with Gasteiger partial charge in [0, 0.05) is 16.9 Å². The number of nitrogens with one attached hydrogen (secondary N) is 1. The molecule has 10 heavy (non-hydrogen) atoms. The zero-order valence-corrected chi connectivity index (χ0v) is 8.22. The number of hydrogen-bond donors (Lipinski definition) is 1. The standard InChI is InChI=1S/C7H12INO/c1-5(10)9-7-3-2-6(8)4-7/h6-7H,2-4H2,1H3,(H,9,10)/t6-,7-/m1/s1. The normalized spacial score (nSPS) is 32.2. The summed E-state index contributed by atoms with van der Waals surface area (Å²) in [4.78, 5) is 10.6. The van der Waals surface area contributed by atoms with Gasteiger partial charge in [0.05, 0.1) is 0 Å². The molecule has 0 unspecified atom stereocenters. The summed E-state index contributed by atoms with van der Waals surface area (Å²) in [5.74, 6) is 0.107. The van der Waals surface area contributed by atoms with Crippen LogP contribution in [0, 0.1) is 0 Å². The maximum atomic E-state index is 10.6. The van der Waals surface area contributed by atoms with Crippen molar-refractivity contribution in [2.75, 3.05) is 0 Å². The third kappa shape index (κ3) is 2.44. The van der Waals surface area contributed by atoms with Crippen LogP contribution in [0.1, 0.15) is 26.2 Å². The van der Waals surface area contributed by atoms with Gasteiger partial charge in [0.25, 0.3) is 0 Å². The van der Waals surface area contributed by atoms with Crippen molar-refractivity contribution in [1.82, 2.24) is 5.32 Å². The molecule has 0 saturated heterocycles. The Morgan fingerprint density at radius 1 is 1.60 bits per heavy atom. The number of carbonyl (C=O) groups is 1. The van der Waals surface area contributed by atoms with Crippen LogP contribution in [0.2, 0.25) is 0 Å². The van der Waals surface area contributed by atoms with Crippen LogP contribution < -0.4 is 5.32 Å². The molecule has 0 aliphatic heterocycles. The van der Waals surface area contributed by atoms with Crippen molar-refractivity contribution in [2.24, 2.45) is 0 Å². The third-order valence-corrected chi connectivity index (χ3v) is 2.91. The molecule has 0 spiro atoms. The minimum absolute atomic E-state index is 0.107. The fourth-order valence-corrected chi connectivity index (χ4v) is 2.32. The largest absolute Gasteiger partial charge is 0.354 e. The Morgan fingerprint density at radius 2 is 2.30 bits per heavy atom. The van der Waals surface area contributed by atoms with Crippen LogP contribution in [0.3, 0.4) is 0 Å². The van der Waals surface area contributed by atoms with Gasteiger partial charge in [-0.1, -0.05) is 22.6 Å². The maximum absolute atomic E-state index is 10.6. The van der Waals surface area contributed by atoms with E-state index >= 15 is 0 Å². The maximum Gasteiger partial charge on any atom is 0.217 e. The molecule has 0 heterocycles. The minimum atomic E-state index is 0.107. The summed E-state index contributed by atoms with van der Waals surface area (Å²) in [5.41, 5.74) is 0. The van der Waals surface area contributed by atoms with Gasteiger partial charge in [-0.3, -0.25) is 4.79 Å². The van der Waals surface area contributed by atoms with E-state index in [0.29, 0.717) is 6.04 Å². The summed E-state index contributed by atoms with van der Waals surface area (Å²) >= 11 is 2.44. The Bertz CT molecular complexity index is 138. The second kappa shape index (κ2) is 3.55. The number of amides is 1. The highest BCUT2D eigenvalue weighted by Gasteiger charge is 2.22. The number of halogens is 1. The molecule has 1 fully saturated rings. The molecular formula is C7H12INO. The fourth-order valence-electron chi connectivity index (χ4n) is 1.35. The predicted molar refractivity (Wildman–Crippen MR) is 49.3 cm³/mol. The Hall–Kier alpha value is 0.200. The topological polar surface area (TPSA) is 29.1 Å². The van der Waals surface area contributed by atoms with Crippen molar-refractivity contribution in [1.29, 1.82) is 0 Å². The average Bonchev–Trinajstić information content (AvgIpc) is 2.13. The van der Waals surface area contributed by atoms with E-state index in [-0.39, 0.29) is 5.91 Å². The van der Waals surface area contributed by atoms with Crippen molar-refractivity contribution in [3.63, 3.8) is 0 Å². The summed E-state index contributed by atoms with van der Waals surface area (Å²) < 4.78 is 0.773. The zero-order chi connectivity index (χ0) is 7.56. The lowest BCUT2D eigenvalue weighted by Crippen LogP contribution is -2.30. The smallest absolute Gasteiger partial charge is 0.217 e. The van der Waals surface area contributed by atoms with Crippen molar-refractivity contribution in [3.05, 3.63) is 0 Å². The van der Waals surface area contributed by atoms with Crippen molar-refractivity contribution in [3.8, 4) is 0 Å². The molecule has 1 aliphatic rings. The van der Waals surface area contributed by atoms with Crippen molar-refractivity contribution in [2.45, 2.75) is 36.2 Å². The van der Waals surface area contributed by atoms with Crippen molar-refractivity contribution >= 4 is 28.5 Å². The van der Waals surface area contributed by atoms with Gasteiger partial charge < -0.3 is 5.32 Å². The third-order valence-electron chi connectivity index (χ3n) is 1.78. The first-order valence-electron chi connectivity index (χ1n) is 3.59. The molecule has 0 aromatic rings. The highest BCUT2D eigenvalue weighted by molar-refractivity contribution is 14.1. The van der Waals surface area contributed by atoms with Gasteiger partial charge in [0.2, 0.25) is 5.91 Å². The van der Waals surface area contributed by atoms with E-state index in [4.69, 9.17) is 0 Å². The first-order chi connectivity index (χ1) is 4.68. The second-order valence-electron chi connectivity index (χ2n) is 2.81. The molecule has 2 atom stereocenters.